The molecule has 0 fully saturated rings. The number of nitrogens with zero attached hydrogens (tertiary/aromatic N) is 3. The molecule has 8 heteroatoms. The first-order valence-electron chi connectivity index (χ1n) is 11.0. The molecule has 2 N–H and O–H groups in total. The van der Waals surface area contributed by atoms with Gasteiger partial charge in [0.15, 0.2) is 11.5 Å². The Morgan fingerprint density at radius 3 is 2.61 bits per heavy atom. The summed E-state index contributed by atoms with van der Waals surface area (Å²) in [4.78, 5) is 19.3. The molecular formula is C25H28N4O4. The second kappa shape index (κ2) is 9.36. The molecule has 1 aliphatic heterocycles. The second-order valence-corrected chi connectivity index (χ2v) is 8.11. The number of hydrogen-bond donors (Lipinski definition) is 2. The van der Waals surface area contributed by atoms with Gasteiger partial charge in [0, 0.05) is 17.8 Å². The van der Waals surface area contributed by atoms with Gasteiger partial charge in [-0.05, 0) is 38.0 Å². The number of rotatable bonds is 7. The summed E-state index contributed by atoms with van der Waals surface area (Å²) in [6, 6.07) is 12.1. The molecule has 0 saturated carbocycles. The smallest absolute Gasteiger partial charge is 0.322 e. The minimum absolute atomic E-state index is 0.0134. The lowest BCUT2D eigenvalue weighted by Gasteiger charge is -2.35. The molecule has 1 atom stereocenters. The average Bonchev–Trinajstić information content (AvgIpc) is 3.28. The molecule has 0 bridgehead atoms. The van der Waals surface area contributed by atoms with Gasteiger partial charge in [0.1, 0.15) is 0 Å². The van der Waals surface area contributed by atoms with Crippen LogP contribution >= 0.6 is 0 Å². The Kier molecular flexibility index (Phi) is 6.35. The zero-order valence-corrected chi connectivity index (χ0v) is 19.3. The molecule has 172 valence electrons. The number of aromatic hydroxyl groups is 1. The van der Waals surface area contributed by atoms with E-state index in [1.165, 1.54) is 7.11 Å². The summed E-state index contributed by atoms with van der Waals surface area (Å²) in [5, 5.41) is 17.6. The molecule has 1 unspecified atom stereocenters. The molecule has 2 aromatic carbocycles. The van der Waals surface area contributed by atoms with Crippen molar-refractivity contribution in [3.63, 3.8) is 0 Å². The monoisotopic (exact) mass is 448 g/mol. The van der Waals surface area contributed by atoms with E-state index in [-0.39, 0.29) is 11.8 Å². The van der Waals surface area contributed by atoms with Crippen LogP contribution in [0.1, 0.15) is 49.7 Å². The second-order valence-electron chi connectivity index (χ2n) is 8.11. The molecule has 8 nitrogen and oxygen atoms in total. The molecule has 4 rings (SSSR count). The van der Waals surface area contributed by atoms with Crippen LogP contribution in [0.25, 0.3) is 17.0 Å². The fourth-order valence-electron chi connectivity index (χ4n) is 3.93. The number of benzene rings is 2. The summed E-state index contributed by atoms with van der Waals surface area (Å²) >= 11 is 0. The van der Waals surface area contributed by atoms with Crippen molar-refractivity contribution in [2.45, 2.75) is 39.7 Å². The number of aromatic nitrogens is 2. The predicted molar refractivity (Wildman–Crippen MR) is 125 cm³/mol. The first kappa shape index (κ1) is 22.4. The van der Waals surface area contributed by atoms with Crippen molar-refractivity contribution in [2.24, 2.45) is 0 Å². The van der Waals surface area contributed by atoms with Crippen LogP contribution in [-0.4, -0.2) is 39.8 Å². The van der Waals surface area contributed by atoms with Crippen LogP contribution in [0.5, 0.6) is 11.5 Å². The summed E-state index contributed by atoms with van der Waals surface area (Å²) in [5.41, 5.74) is 4.10. The highest BCUT2D eigenvalue weighted by atomic mass is 16.5. The van der Waals surface area contributed by atoms with Crippen LogP contribution in [0.15, 0.2) is 52.7 Å². The molecule has 0 aliphatic carbocycles. The number of phenols is 1. The number of nitrogens with one attached hydrogen (secondary N) is 1. The first-order chi connectivity index (χ1) is 15.9. The molecular weight excluding hydrogens is 420 g/mol. The zero-order chi connectivity index (χ0) is 23.5. The maximum atomic E-state index is 13.0. The number of urea groups is 1. The van der Waals surface area contributed by atoms with E-state index in [9.17, 15) is 9.90 Å². The number of hydrogen-bond acceptors (Lipinski definition) is 6. The van der Waals surface area contributed by atoms with Gasteiger partial charge < -0.3 is 19.7 Å². The first-order valence-corrected chi connectivity index (χ1v) is 11.0. The third kappa shape index (κ3) is 4.41. The number of phenolic OH excluding ortho intramolecular Hbond substituents is 1. The standard InChI is InChI=1S/C25H28N4O4/c1-5-6-13-29-16(3)21(24-27-23(28-33-24)17-9-7-15(2)8-10-17)22(26-25(29)31)18-11-12-20(32-4)19(30)14-18/h7-12,14,22,30H,5-6,13H2,1-4H3,(H,26,31). The van der Waals surface area contributed by atoms with Crippen molar-refractivity contribution < 1.29 is 19.2 Å². The minimum atomic E-state index is -0.571. The van der Waals surface area contributed by atoms with E-state index >= 15 is 0 Å². The number of carbonyl (C=O) groups excluding carboxylic acids is 1. The van der Waals surface area contributed by atoms with E-state index in [2.05, 4.69) is 22.4 Å². The molecule has 1 aliphatic rings. The number of amides is 2. The Balaban J connectivity index is 1.80. The Bertz CT molecular complexity index is 1180. The fourth-order valence-corrected chi connectivity index (χ4v) is 3.93. The van der Waals surface area contributed by atoms with E-state index in [1.54, 1.807) is 23.1 Å². The maximum Gasteiger partial charge on any atom is 0.322 e. The average molecular weight is 449 g/mol. The number of ether oxygens (including phenoxy) is 1. The Labute approximate surface area is 192 Å². The lowest BCUT2D eigenvalue weighted by molar-refractivity contribution is 0.204. The quantitative estimate of drug-likeness (QED) is 0.524. The van der Waals surface area contributed by atoms with Crippen LogP contribution in [0, 0.1) is 6.92 Å². The van der Waals surface area contributed by atoms with Crippen molar-refractivity contribution in [3.8, 4) is 22.9 Å². The van der Waals surface area contributed by atoms with E-state index < -0.39 is 6.04 Å². The van der Waals surface area contributed by atoms with Crippen molar-refractivity contribution in [1.82, 2.24) is 20.4 Å². The Morgan fingerprint density at radius 1 is 1.18 bits per heavy atom. The third-order valence-electron chi connectivity index (χ3n) is 5.83. The highest BCUT2D eigenvalue weighted by Gasteiger charge is 2.35. The normalized spacial score (nSPS) is 16.2. The molecule has 2 heterocycles. The van der Waals surface area contributed by atoms with Gasteiger partial charge in [-0.1, -0.05) is 54.4 Å². The Morgan fingerprint density at radius 2 is 1.94 bits per heavy atom. The summed E-state index contributed by atoms with van der Waals surface area (Å²) in [6.45, 7) is 6.56. The van der Waals surface area contributed by atoms with Crippen molar-refractivity contribution in [2.75, 3.05) is 13.7 Å². The van der Waals surface area contributed by atoms with Crippen molar-refractivity contribution >= 4 is 11.6 Å². The van der Waals surface area contributed by atoms with Crippen LogP contribution < -0.4 is 10.1 Å². The molecule has 3 aromatic rings. The predicted octanol–water partition coefficient (Wildman–Crippen LogP) is 5.06. The number of carbonyl (C=O) groups is 1. The van der Waals surface area contributed by atoms with Crippen LogP contribution in [0.4, 0.5) is 4.79 Å². The van der Waals surface area contributed by atoms with E-state index in [0.717, 1.165) is 29.7 Å². The molecule has 0 saturated heterocycles. The van der Waals surface area contributed by atoms with E-state index in [1.807, 2.05) is 38.1 Å². The number of allylic oxidation sites excluding steroid dienone is 1. The maximum absolute atomic E-state index is 13.0. The van der Waals surface area contributed by atoms with Gasteiger partial charge in [-0.3, -0.25) is 4.90 Å². The minimum Gasteiger partial charge on any atom is -0.504 e. The lowest BCUT2D eigenvalue weighted by Crippen LogP contribution is -2.46. The summed E-state index contributed by atoms with van der Waals surface area (Å²) in [5.74, 6) is 1.14. The summed E-state index contributed by atoms with van der Waals surface area (Å²) in [7, 11) is 1.49. The van der Waals surface area contributed by atoms with Crippen molar-refractivity contribution in [1.29, 1.82) is 0 Å². The fraction of sp³-hybridized carbons (Fsp3) is 0.320. The van der Waals surface area contributed by atoms with Gasteiger partial charge in [0.2, 0.25) is 5.82 Å². The largest absolute Gasteiger partial charge is 0.504 e. The molecule has 0 radical (unpaired) electrons. The zero-order valence-electron chi connectivity index (χ0n) is 19.3. The molecule has 1 aromatic heterocycles. The van der Waals surface area contributed by atoms with E-state index in [4.69, 9.17) is 9.26 Å². The Hall–Kier alpha value is -3.81. The van der Waals surface area contributed by atoms with Gasteiger partial charge in [-0.25, -0.2) is 4.79 Å². The highest BCUT2D eigenvalue weighted by molar-refractivity contribution is 5.87. The SMILES string of the molecule is CCCCN1C(=O)NC(c2ccc(OC)c(O)c2)C(c2nc(-c3ccc(C)cc3)no2)=C1C. The third-order valence-corrected chi connectivity index (χ3v) is 5.83. The lowest BCUT2D eigenvalue weighted by atomic mass is 9.94. The van der Waals surface area contributed by atoms with Crippen molar-refractivity contribution in [3.05, 3.63) is 65.2 Å². The van der Waals surface area contributed by atoms with Crippen LogP contribution in [0.2, 0.25) is 0 Å². The van der Waals surface area contributed by atoms with Gasteiger partial charge >= 0.3 is 6.03 Å². The van der Waals surface area contributed by atoms with Crippen LogP contribution in [-0.2, 0) is 0 Å². The number of unbranched alkanes of at least 4 members (excludes halogenated alkanes) is 1. The number of methoxy groups -OCH3 is 1. The van der Waals surface area contributed by atoms with E-state index in [0.29, 0.717) is 35.1 Å². The summed E-state index contributed by atoms with van der Waals surface area (Å²) in [6.07, 6.45) is 1.82. The van der Waals surface area contributed by atoms with Gasteiger partial charge in [0.05, 0.1) is 18.7 Å². The molecule has 0 spiro atoms. The highest BCUT2D eigenvalue weighted by Crippen LogP contribution is 2.39. The van der Waals surface area contributed by atoms with Gasteiger partial charge in [-0.2, -0.15) is 4.98 Å². The number of aryl methyl sites for hydroxylation is 1. The van der Waals surface area contributed by atoms with Crippen LogP contribution in [0.3, 0.4) is 0 Å². The molecule has 2 amide bonds. The van der Waals surface area contributed by atoms with Gasteiger partial charge in [-0.15, -0.1) is 0 Å². The van der Waals surface area contributed by atoms with Gasteiger partial charge in [0.25, 0.3) is 5.89 Å². The summed E-state index contributed by atoms with van der Waals surface area (Å²) < 4.78 is 10.9. The molecule has 33 heavy (non-hydrogen) atoms. The topological polar surface area (TPSA) is 101 Å².